The smallest absolute Gasteiger partial charge is 0.264 e. The molecule has 0 unspecified atom stereocenters. The van der Waals surface area contributed by atoms with Gasteiger partial charge in [0.15, 0.2) is 0 Å². The van der Waals surface area contributed by atoms with E-state index in [1.807, 2.05) is 6.92 Å². The Morgan fingerprint density at radius 1 is 1.13 bits per heavy atom. The molecule has 1 heterocycles. The van der Waals surface area contributed by atoms with Crippen LogP contribution in [0, 0.1) is 13.8 Å². The van der Waals surface area contributed by atoms with Crippen LogP contribution in [0.2, 0.25) is 5.02 Å². The monoisotopic (exact) mass is 445 g/mol. The number of hydrazone groups is 1. The van der Waals surface area contributed by atoms with Gasteiger partial charge in [-0.25, -0.2) is 13.8 Å². The summed E-state index contributed by atoms with van der Waals surface area (Å²) >= 11 is 6.20. The van der Waals surface area contributed by atoms with E-state index in [-0.39, 0.29) is 4.90 Å². The Morgan fingerprint density at radius 2 is 1.87 bits per heavy atom. The minimum Gasteiger partial charge on any atom is -0.463 e. The summed E-state index contributed by atoms with van der Waals surface area (Å²) < 4.78 is 32.8. The van der Waals surface area contributed by atoms with E-state index in [4.69, 9.17) is 16.0 Å². The highest BCUT2D eigenvalue weighted by Crippen LogP contribution is 2.30. The summed E-state index contributed by atoms with van der Waals surface area (Å²) in [5.41, 5.74) is 4.10. The van der Waals surface area contributed by atoms with Crippen LogP contribution in [0.25, 0.3) is 0 Å². The van der Waals surface area contributed by atoms with Crippen molar-refractivity contribution in [3.63, 3.8) is 0 Å². The highest BCUT2D eigenvalue weighted by molar-refractivity contribution is 7.92. The number of nitrogens with one attached hydrogen (secondary N) is 1. The second kappa shape index (κ2) is 9.15. The fourth-order valence-corrected chi connectivity index (χ4v) is 4.35. The molecule has 0 aliphatic heterocycles. The van der Waals surface area contributed by atoms with E-state index in [9.17, 15) is 13.2 Å². The summed E-state index contributed by atoms with van der Waals surface area (Å²) in [5.74, 6) is -0.169. The fraction of sp³-hybridized carbons (Fsp3) is 0.143. The lowest BCUT2D eigenvalue weighted by molar-refractivity contribution is -0.119. The first-order valence-corrected chi connectivity index (χ1v) is 10.8. The first-order valence-electron chi connectivity index (χ1n) is 8.99. The van der Waals surface area contributed by atoms with Crippen molar-refractivity contribution in [2.24, 2.45) is 5.10 Å². The molecule has 7 nitrogen and oxygen atoms in total. The fourth-order valence-electron chi connectivity index (χ4n) is 2.70. The van der Waals surface area contributed by atoms with Crippen LogP contribution in [-0.2, 0) is 14.8 Å². The Bertz CT molecular complexity index is 1160. The van der Waals surface area contributed by atoms with Gasteiger partial charge in [0.05, 0.1) is 23.1 Å². The second-order valence-electron chi connectivity index (χ2n) is 6.52. The average molecular weight is 446 g/mol. The molecule has 3 aromatic rings. The third-order valence-corrected chi connectivity index (χ3v) is 6.51. The lowest BCUT2D eigenvalue weighted by atomic mass is 10.2. The van der Waals surface area contributed by atoms with Crippen LogP contribution in [0.3, 0.4) is 0 Å². The van der Waals surface area contributed by atoms with Crippen molar-refractivity contribution >= 4 is 39.4 Å². The van der Waals surface area contributed by atoms with E-state index in [0.29, 0.717) is 22.0 Å². The van der Waals surface area contributed by atoms with Crippen molar-refractivity contribution in [3.8, 4) is 0 Å². The van der Waals surface area contributed by atoms with Crippen LogP contribution < -0.4 is 9.73 Å². The van der Waals surface area contributed by atoms with E-state index in [1.165, 1.54) is 24.6 Å². The molecular formula is C21H20ClN3O4S. The van der Waals surface area contributed by atoms with Crippen molar-refractivity contribution in [1.29, 1.82) is 0 Å². The number of nitrogens with zero attached hydrogens (tertiary/aromatic N) is 2. The Hall–Kier alpha value is -3.10. The molecule has 0 bridgehead atoms. The van der Waals surface area contributed by atoms with Crippen LogP contribution in [0.4, 0.5) is 5.69 Å². The molecule has 1 N–H and O–H groups in total. The Labute approximate surface area is 180 Å². The van der Waals surface area contributed by atoms with Crippen molar-refractivity contribution in [3.05, 3.63) is 82.8 Å². The molecule has 0 saturated heterocycles. The number of amides is 1. The minimum absolute atomic E-state index is 0.0689. The van der Waals surface area contributed by atoms with Gasteiger partial charge in [0.2, 0.25) is 0 Å². The van der Waals surface area contributed by atoms with Gasteiger partial charge in [-0.3, -0.25) is 9.10 Å². The summed E-state index contributed by atoms with van der Waals surface area (Å²) in [5, 5.41) is 4.20. The molecule has 0 atom stereocenters. The summed E-state index contributed by atoms with van der Waals surface area (Å²) in [4.78, 5) is 12.6. The summed E-state index contributed by atoms with van der Waals surface area (Å²) in [6.45, 7) is 3.08. The van der Waals surface area contributed by atoms with Crippen molar-refractivity contribution < 1.29 is 17.6 Å². The quantitative estimate of drug-likeness (QED) is 0.441. The zero-order valence-electron chi connectivity index (χ0n) is 16.4. The van der Waals surface area contributed by atoms with Gasteiger partial charge in [0.1, 0.15) is 12.3 Å². The number of hydrogen-bond acceptors (Lipinski definition) is 5. The molecule has 0 fully saturated rings. The van der Waals surface area contributed by atoms with Gasteiger partial charge in [-0.1, -0.05) is 35.4 Å². The standard InChI is InChI=1S/C21H20ClN3O4S/c1-15-8-10-18(11-9-15)30(27,28)25(20-7-3-6-19(22)16(20)2)14-21(26)24-23-13-17-5-4-12-29-17/h3-13H,14H2,1-2H3,(H,24,26)/b23-13-. The molecule has 2 aromatic carbocycles. The Kier molecular flexibility index (Phi) is 6.59. The Morgan fingerprint density at radius 3 is 2.53 bits per heavy atom. The number of aryl methyl sites for hydroxylation is 1. The zero-order chi connectivity index (χ0) is 21.7. The van der Waals surface area contributed by atoms with Gasteiger partial charge >= 0.3 is 0 Å². The van der Waals surface area contributed by atoms with E-state index in [0.717, 1.165) is 9.87 Å². The van der Waals surface area contributed by atoms with E-state index >= 15 is 0 Å². The molecule has 9 heteroatoms. The normalized spacial score (nSPS) is 11.6. The number of hydrogen-bond donors (Lipinski definition) is 1. The molecule has 156 valence electrons. The maximum atomic E-state index is 13.4. The van der Waals surface area contributed by atoms with Crippen LogP contribution in [-0.4, -0.2) is 27.1 Å². The molecule has 0 aliphatic carbocycles. The first kappa shape index (κ1) is 21.6. The van der Waals surface area contributed by atoms with Gasteiger partial charge in [0, 0.05) is 5.02 Å². The number of anilines is 1. The van der Waals surface area contributed by atoms with Crippen LogP contribution >= 0.6 is 11.6 Å². The SMILES string of the molecule is Cc1ccc(S(=O)(=O)N(CC(=O)N/N=C\c2ccco2)c2cccc(Cl)c2C)cc1. The topological polar surface area (TPSA) is 92.0 Å². The van der Waals surface area contributed by atoms with E-state index < -0.39 is 22.5 Å². The molecule has 3 rings (SSSR count). The lowest BCUT2D eigenvalue weighted by Crippen LogP contribution is -2.40. The number of rotatable bonds is 7. The molecule has 0 radical (unpaired) electrons. The number of furan rings is 1. The third kappa shape index (κ3) is 4.90. The maximum Gasteiger partial charge on any atom is 0.264 e. The van der Waals surface area contributed by atoms with Gasteiger partial charge in [-0.15, -0.1) is 0 Å². The van der Waals surface area contributed by atoms with Crippen molar-refractivity contribution in [1.82, 2.24) is 5.43 Å². The highest BCUT2D eigenvalue weighted by Gasteiger charge is 2.28. The molecule has 0 aliphatic rings. The summed E-state index contributed by atoms with van der Waals surface area (Å²) in [6.07, 6.45) is 2.79. The zero-order valence-corrected chi connectivity index (χ0v) is 17.9. The van der Waals surface area contributed by atoms with Gasteiger partial charge in [-0.2, -0.15) is 5.10 Å². The van der Waals surface area contributed by atoms with E-state index in [2.05, 4.69) is 10.5 Å². The molecule has 30 heavy (non-hydrogen) atoms. The third-order valence-electron chi connectivity index (χ3n) is 4.33. The van der Waals surface area contributed by atoms with Crippen molar-refractivity contribution in [2.45, 2.75) is 18.7 Å². The van der Waals surface area contributed by atoms with Crippen LogP contribution in [0.15, 0.2) is 75.3 Å². The van der Waals surface area contributed by atoms with E-state index in [1.54, 1.807) is 49.4 Å². The van der Waals surface area contributed by atoms with Crippen LogP contribution in [0.5, 0.6) is 0 Å². The highest BCUT2D eigenvalue weighted by atomic mass is 35.5. The molecule has 0 spiro atoms. The minimum atomic E-state index is -4.03. The molecule has 0 saturated carbocycles. The lowest BCUT2D eigenvalue weighted by Gasteiger charge is -2.25. The summed E-state index contributed by atoms with van der Waals surface area (Å²) in [6, 6.07) is 14.6. The van der Waals surface area contributed by atoms with Crippen LogP contribution in [0.1, 0.15) is 16.9 Å². The van der Waals surface area contributed by atoms with Gasteiger partial charge in [-0.05, 0) is 55.8 Å². The largest absolute Gasteiger partial charge is 0.463 e. The number of carbonyl (C=O) groups is 1. The Balaban J connectivity index is 1.92. The molecule has 1 aromatic heterocycles. The number of benzene rings is 2. The maximum absolute atomic E-state index is 13.4. The second-order valence-corrected chi connectivity index (χ2v) is 8.79. The van der Waals surface area contributed by atoms with Gasteiger partial charge < -0.3 is 4.42 Å². The average Bonchev–Trinajstić information content (AvgIpc) is 3.22. The first-order chi connectivity index (χ1) is 14.3. The number of carbonyl (C=O) groups excluding carboxylic acids is 1. The predicted molar refractivity (Wildman–Crippen MR) is 116 cm³/mol. The molecule has 1 amide bonds. The number of halogens is 1. The van der Waals surface area contributed by atoms with Crippen molar-refractivity contribution in [2.75, 3.05) is 10.8 Å². The molecular weight excluding hydrogens is 426 g/mol. The van der Waals surface area contributed by atoms with Gasteiger partial charge in [0.25, 0.3) is 15.9 Å². The number of sulfonamides is 1. The predicted octanol–water partition coefficient (Wildman–Crippen LogP) is 3.90. The summed E-state index contributed by atoms with van der Waals surface area (Å²) in [7, 11) is -4.03.